The minimum Gasteiger partial charge on any atom is -0.497 e. The number of methoxy groups -OCH3 is 1. The molecule has 166 valence electrons. The van der Waals surface area contributed by atoms with Crippen LogP contribution in [-0.4, -0.2) is 68.9 Å². The van der Waals surface area contributed by atoms with E-state index in [2.05, 4.69) is 15.6 Å². The zero-order valence-electron chi connectivity index (χ0n) is 17.3. The van der Waals surface area contributed by atoms with E-state index in [1.165, 1.54) is 0 Å². The minimum absolute atomic E-state index is 0. The van der Waals surface area contributed by atoms with Gasteiger partial charge in [-0.2, -0.15) is 0 Å². The van der Waals surface area contributed by atoms with E-state index in [4.69, 9.17) is 4.74 Å². The van der Waals surface area contributed by atoms with Gasteiger partial charge in [0.2, 0.25) is 10.0 Å². The molecule has 0 aliphatic carbocycles. The quantitative estimate of drug-likeness (QED) is 0.264. The number of nitrogens with zero attached hydrogens (tertiary/aromatic N) is 2. The lowest BCUT2D eigenvalue weighted by Crippen LogP contribution is -2.50. The van der Waals surface area contributed by atoms with Crippen molar-refractivity contribution in [3.63, 3.8) is 0 Å². The zero-order valence-corrected chi connectivity index (χ0v) is 20.4. The van der Waals surface area contributed by atoms with Gasteiger partial charge in [0, 0.05) is 25.7 Å². The molecule has 29 heavy (non-hydrogen) atoms. The van der Waals surface area contributed by atoms with Crippen molar-refractivity contribution in [1.29, 1.82) is 0 Å². The van der Waals surface area contributed by atoms with Gasteiger partial charge in [0.05, 0.1) is 25.5 Å². The highest BCUT2D eigenvalue weighted by molar-refractivity contribution is 14.0. The second kappa shape index (κ2) is 12.6. The minimum atomic E-state index is -3.12. The Bertz CT molecular complexity index is 752. The van der Waals surface area contributed by atoms with Crippen LogP contribution >= 0.6 is 24.0 Å². The van der Waals surface area contributed by atoms with E-state index < -0.39 is 16.1 Å². The number of benzene rings is 1. The maximum Gasteiger partial charge on any atom is 0.213 e. The first kappa shape index (κ1) is 25.9. The lowest BCUT2D eigenvalue weighted by Gasteiger charge is -2.32. The molecule has 0 bridgehead atoms. The first-order valence-electron chi connectivity index (χ1n) is 9.74. The number of halogens is 1. The number of rotatable bonds is 8. The van der Waals surface area contributed by atoms with Crippen molar-refractivity contribution in [2.24, 2.45) is 4.99 Å². The Morgan fingerprint density at radius 3 is 2.62 bits per heavy atom. The molecule has 1 fully saturated rings. The topological polar surface area (TPSA) is 103 Å². The van der Waals surface area contributed by atoms with E-state index in [9.17, 15) is 13.5 Å². The predicted molar refractivity (Wildman–Crippen MR) is 127 cm³/mol. The Morgan fingerprint density at radius 2 is 2.03 bits per heavy atom. The van der Waals surface area contributed by atoms with Crippen LogP contribution in [0.1, 0.15) is 38.4 Å². The molecule has 1 heterocycles. The fourth-order valence-corrected chi connectivity index (χ4v) is 4.24. The number of hydrogen-bond acceptors (Lipinski definition) is 5. The summed E-state index contributed by atoms with van der Waals surface area (Å²) >= 11 is 0. The maximum atomic E-state index is 12.0. The third-order valence-corrected chi connectivity index (χ3v) is 6.68. The average molecular weight is 540 g/mol. The Hall–Kier alpha value is -1.11. The molecule has 1 aromatic carbocycles. The number of guanidine groups is 1. The van der Waals surface area contributed by atoms with E-state index in [0.29, 0.717) is 31.3 Å². The molecule has 1 aliphatic rings. The van der Waals surface area contributed by atoms with Crippen molar-refractivity contribution in [1.82, 2.24) is 14.9 Å². The first-order chi connectivity index (χ1) is 13.4. The molecule has 0 spiro atoms. The highest BCUT2D eigenvalue weighted by atomic mass is 127. The second-order valence-electron chi connectivity index (χ2n) is 6.73. The molecule has 1 unspecified atom stereocenters. The van der Waals surface area contributed by atoms with Crippen LogP contribution in [0, 0.1) is 0 Å². The van der Waals surface area contributed by atoms with Gasteiger partial charge < -0.3 is 20.5 Å². The Morgan fingerprint density at radius 1 is 1.34 bits per heavy atom. The Balaban J connectivity index is 0.00000420. The normalized spacial score (nSPS) is 17.3. The first-order valence-corrected chi connectivity index (χ1v) is 11.3. The van der Waals surface area contributed by atoms with Gasteiger partial charge in [-0.3, -0.25) is 4.99 Å². The molecule has 3 N–H and O–H groups in total. The summed E-state index contributed by atoms with van der Waals surface area (Å²) in [5, 5.41) is 17.0. The monoisotopic (exact) mass is 540 g/mol. The van der Waals surface area contributed by atoms with Crippen LogP contribution in [0.15, 0.2) is 29.3 Å². The number of hydrogen-bond donors (Lipinski definition) is 3. The maximum absolute atomic E-state index is 12.0. The molecule has 0 aromatic heterocycles. The summed E-state index contributed by atoms with van der Waals surface area (Å²) in [5.41, 5.74) is 0.747. The molecule has 2 rings (SSSR count). The summed E-state index contributed by atoms with van der Waals surface area (Å²) in [6.07, 6.45) is 0.714. The lowest BCUT2D eigenvalue weighted by molar-refractivity contribution is 0.186. The number of piperidine rings is 1. The van der Waals surface area contributed by atoms with E-state index in [0.717, 1.165) is 18.4 Å². The van der Waals surface area contributed by atoms with Gasteiger partial charge in [-0.25, -0.2) is 12.7 Å². The fourth-order valence-electron chi connectivity index (χ4n) is 3.11. The molecule has 10 heteroatoms. The number of aliphatic imine (C=N–C) groups is 1. The van der Waals surface area contributed by atoms with Gasteiger partial charge in [0.15, 0.2) is 5.96 Å². The van der Waals surface area contributed by atoms with Crippen LogP contribution < -0.4 is 15.4 Å². The van der Waals surface area contributed by atoms with Gasteiger partial charge >= 0.3 is 0 Å². The summed E-state index contributed by atoms with van der Waals surface area (Å²) < 4.78 is 30.7. The SMILES string of the molecule is CCNC(=NCC(O)c1cccc(OC)c1)NC1CCN(S(=O)(=O)CC)CC1.I. The summed E-state index contributed by atoms with van der Waals surface area (Å²) in [7, 11) is -1.53. The third kappa shape index (κ3) is 7.91. The summed E-state index contributed by atoms with van der Waals surface area (Å²) in [4.78, 5) is 4.50. The molecule has 1 saturated heterocycles. The second-order valence-corrected chi connectivity index (χ2v) is 8.99. The lowest BCUT2D eigenvalue weighted by atomic mass is 10.1. The molecular weight excluding hydrogens is 507 g/mol. The zero-order chi connectivity index (χ0) is 20.6. The van der Waals surface area contributed by atoms with Gasteiger partial charge in [0.25, 0.3) is 0 Å². The van der Waals surface area contributed by atoms with Crippen molar-refractivity contribution in [3.05, 3.63) is 29.8 Å². The Labute approximate surface area is 191 Å². The van der Waals surface area contributed by atoms with Gasteiger partial charge in [-0.05, 0) is 44.4 Å². The van der Waals surface area contributed by atoms with Crippen molar-refractivity contribution < 1.29 is 18.3 Å². The van der Waals surface area contributed by atoms with Crippen molar-refractivity contribution in [2.45, 2.75) is 38.8 Å². The summed E-state index contributed by atoms with van der Waals surface area (Å²) in [6.45, 7) is 5.59. The number of ether oxygens (including phenoxy) is 1. The highest BCUT2D eigenvalue weighted by Crippen LogP contribution is 2.19. The molecule has 0 saturated carbocycles. The third-order valence-electron chi connectivity index (χ3n) is 4.80. The predicted octanol–water partition coefficient (Wildman–Crippen LogP) is 1.72. The van der Waals surface area contributed by atoms with Crippen LogP contribution in [0.5, 0.6) is 5.75 Å². The van der Waals surface area contributed by atoms with Crippen molar-refractivity contribution in [3.8, 4) is 5.75 Å². The van der Waals surface area contributed by atoms with Gasteiger partial charge in [-0.15, -0.1) is 24.0 Å². The summed E-state index contributed by atoms with van der Waals surface area (Å²) in [5.74, 6) is 1.46. The standard InChI is InChI=1S/C19H32N4O4S.HI/c1-4-20-19(21-14-18(24)15-7-6-8-17(13-15)27-3)22-16-9-11-23(12-10-16)28(25,26)5-2;/h6-8,13,16,18,24H,4-5,9-12,14H2,1-3H3,(H2,20,21,22);1H. The molecular formula is C19H33IN4O4S. The van der Waals surface area contributed by atoms with E-state index >= 15 is 0 Å². The number of aliphatic hydroxyl groups is 1. The molecule has 0 amide bonds. The Kier molecular flexibility index (Phi) is 11.2. The molecule has 1 atom stereocenters. The van der Waals surface area contributed by atoms with Gasteiger partial charge in [0.1, 0.15) is 5.75 Å². The van der Waals surface area contributed by atoms with E-state index in [1.807, 2.05) is 25.1 Å². The fraction of sp³-hybridized carbons (Fsp3) is 0.632. The molecule has 0 radical (unpaired) electrons. The van der Waals surface area contributed by atoms with Gasteiger partial charge in [-0.1, -0.05) is 12.1 Å². The van der Waals surface area contributed by atoms with Crippen molar-refractivity contribution >= 4 is 40.0 Å². The van der Waals surface area contributed by atoms with Crippen LogP contribution in [0.4, 0.5) is 0 Å². The van der Waals surface area contributed by atoms with Crippen LogP contribution in [0.25, 0.3) is 0 Å². The van der Waals surface area contributed by atoms with E-state index in [-0.39, 0.29) is 42.3 Å². The smallest absolute Gasteiger partial charge is 0.213 e. The van der Waals surface area contributed by atoms with Crippen molar-refractivity contribution in [2.75, 3.05) is 39.0 Å². The summed E-state index contributed by atoms with van der Waals surface area (Å²) in [6, 6.07) is 7.45. The number of nitrogens with one attached hydrogen (secondary N) is 2. The number of aliphatic hydroxyl groups excluding tert-OH is 1. The molecule has 1 aliphatic heterocycles. The highest BCUT2D eigenvalue weighted by Gasteiger charge is 2.27. The van der Waals surface area contributed by atoms with Crippen LogP contribution in [0.3, 0.4) is 0 Å². The molecule has 8 nitrogen and oxygen atoms in total. The largest absolute Gasteiger partial charge is 0.497 e. The number of sulfonamides is 1. The van der Waals surface area contributed by atoms with Crippen LogP contribution in [-0.2, 0) is 10.0 Å². The molecule has 1 aromatic rings. The van der Waals surface area contributed by atoms with E-state index in [1.54, 1.807) is 24.4 Å². The average Bonchev–Trinajstić information content (AvgIpc) is 2.72. The van der Waals surface area contributed by atoms with Crippen LogP contribution in [0.2, 0.25) is 0 Å².